The number of amides is 2. The Kier molecular flexibility index (Phi) is 5.35. The molecule has 2 aliphatic rings. The maximum Gasteiger partial charge on any atom is 0.282 e. The van der Waals surface area contributed by atoms with Gasteiger partial charge in [0.2, 0.25) is 5.89 Å². The van der Waals surface area contributed by atoms with E-state index in [2.05, 4.69) is 14.9 Å². The fourth-order valence-corrected chi connectivity index (χ4v) is 5.20. The molecule has 4 aromatic rings. The first-order valence-electron chi connectivity index (χ1n) is 11.3. The number of piperazine rings is 1. The van der Waals surface area contributed by atoms with Gasteiger partial charge in [-0.3, -0.25) is 14.5 Å². The predicted octanol–water partition coefficient (Wildman–Crippen LogP) is 3.23. The lowest BCUT2D eigenvalue weighted by atomic mass is 10.0. The van der Waals surface area contributed by atoms with E-state index in [0.29, 0.717) is 59.8 Å². The van der Waals surface area contributed by atoms with E-state index in [4.69, 9.17) is 4.42 Å². The molecule has 0 spiro atoms. The Morgan fingerprint density at radius 1 is 0.912 bits per heavy atom. The number of rotatable bonds is 4. The summed E-state index contributed by atoms with van der Waals surface area (Å²) in [7, 11) is 0. The fourth-order valence-electron chi connectivity index (χ4n) is 4.60. The quantitative estimate of drug-likeness (QED) is 0.453. The highest BCUT2D eigenvalue weighted by molar-refractivity contribution is 7.11. The molecule has 2 aromatic carbocycles. The highest BCUT2D eigenvalue weighted by Gasteiger charge is 2.38. The van der Waals surface area contributed by atoms with Gasteiger partial charge < -0.3 is 14.2 Å². The zero-order valence-corrected chi connectivity index (χ0v) is 19.3. The van der Waals surface area contributed by atoms with Crippen LogP contribution in [0.1, 0.15) is 20.2 Å². The van der Waals surface area contributed by atoms with E-state index in [9.17, 15) is 9.59 Å². The molecule has 0 saturated carbocycles. The molecule has 4 heterocycles. The molecular formula is C25H23N5O3S. The predicted molar refractivity (Wildman–Crippen MR) is 129 cm³/mol. The lowest BCUT2D eigenvalue weighted by Crippen LogP contribution is -2.64. The van der Waals surface area contributed by atoms with Crippen LogP contribution in [-0.2, 0) is 0 Å². The Balaban J connectivity index is 1.09. The summed E-state index contributed by atoms with van der Waals surface area (Å²) < 4.78 is 6.02. The van der Waals surface area contributed by atoms with E-state index in [1.54, 1.807) is 12.3 Å². The number of likely N-dealkylation sites (tertiary alicyclic amines) is 1. The van der Waals surface area contributed by atoms with Gasteiger partial charge in [0.15, 0.2) is 10.6 Å². The van der Waals surface area contributed by atoms with Crippen molar-refractivity contribution in [3.8, 4) is 11.5 Å². The topological polar surface area (TPSA) is 82.8 Å². The molecule has 172 valence electrons. The number of benzene rings is 2. The van der Waals surface area contributed by atoms with Gasteiger partial charge in [-0.15, -0.1) is 11.3 Å². The van der Waals surface area contributed by atoms with Crippen LogP contribution in [0.5, 0.6) is 0 Å². The second-order valence-corrected chi connectivity index (χ2v) is 9.46. The van der Waals surface area contributed by atoms with Gasteiger partial charge in [0.1, 0.15) is 5.52 Å². The molecule has 8 nitrogen and oxygen atoms in total. The van der Waals surface area contributed by atoms with E-state index < -0.39 is 0 Å². The molecule has 0 aliphatic carbocycles. The van der Waals surface area contributed by atoms with E-state index in [-0.39, 0.29) is 11.8 Å². The van der Waals surface area contributed by atoms with Crippen molar-refractivity contribution >= 4 is 34.3 Å². The highest BCUT2D eigenvalue weighted by Crippen LogP contribution is 2.29. The molecule has 2 amide bonds. The van der Waals surface area contributed by atoms with Crippen LogP contribution in [0.4, 0.5) is 0 Å². The van der Waals surface area contributed by atoms with Gasteiger partial charge in [-0.05, 0) is 24.3 Å². The third-order valence-electron chi connectivity index (χ3n) is 6.55. The Labute approximate surface area is 200 Å². The number of aromatic nitrogens is 2. The summed E-state index contributed by atoms with van der Waals surface area (Å²) in [5.41, 5.74) is 2.64. The van der Waals surface area contributed by atoms with Crippen LogP contribution < -0.4 is 0 Å². The average Bonchev–Trinajstić information content (AvgIpc) is 3.54. The Bertz CT molecular complexity index is 1320. The van der Waals surface area contributed by atoms with Gasteiger partial charge in [0.05, 0.1) is 5.56 Å². The maximum atomic E-state index is 13.2. The first-order chi connectivity index (χ1) is 16.7. The number of hydrogen-bond donors (Lipinski definition) is 0. The summed E-state index contributed by atoms with van der Waals surface area (Å²) in [4.78, 5) is 40.6. The van der Waals surface area contributed by atoms with E-state index in [1.165, 1.54) is 11.3 Å². The lowest BCUT2D eigenvalue weighted by Gasteiger charge is -2.48. The van der Waals surface area contributed by atoms with Crippen LogP contribution in [0, 0.1) is 0 Å². The Morgan fingerprint density at radius 2 is 1.71 bits per heavy atom. The first-order valence-corrected chi connectivity index (χ1v) is 12.2. The second-order valence-electron chi connectivity index (χ2n) is 8.57. The standard InChI is InChI=1S/C25H23N5O3S/c31-24(19-7-4-8-20-21(19)33-22(27-20)17-5-2-1-3-6-17)30-15-18(16-30)28-10-12-29(13-11-28)25(32)23-26-9-14-34-23/h1-9,14,18H,10-13,15-16H2. The average molecular weight is 474 g/mol. The molecule has 2 aromatic heterocycles. The number of carbonyl (C=O) groups excluding carboxylic acids is 2. The molecule has 2 saturated heterocycles. The van der Waals surface area contributed by atoms with Gasteiger partial charge in [-0.25, -0.2) is 9.97 Å². The summed E-state index contributed by atoms with van der Waals surface area (Å²) in [5, 5.41) is 2.37. The zero-order valence-electron chi connectivity index (χ0n) is 18.5. The number of thiazole rings is 1. The minimum absolute atomic E-state index is 0.00934. The minimum Gasteiger partial charge on any atom is -0.435 e. The maximum absolute atomic E-state index is 13.2. The monoisotopic (exact) mass is 473 g/mol. The molecule has 34 heavy (non-hydrogen) atoms. The number of oxazole rings is 1. The lowest BCUT2D eigenvalue weighted by molar-refractivity contribution is 0.00858. The van der Waals surface area contributed by atoms with Crippen LogP contribution in [0.3, 0.4) is 0 Å². The van der Waals surface area contributed by atoms with Crippen LogP contribution in [0.15, 0.2) is 64.5 Å². The molecule has 0 atom stereocenters. The van der Waals surface area contributed by atoms with Crippen LogP contribution in [0.25, 0.3) is 22.6 Å². The van der Waals surface area contributed by atoms with Crippen molar-refractivity contribution in [2.24, 2.45) is 0 Å². The largest absolute Gasteiger partial charge is 0.435 e. The summed E-state index contributed by atoms with van der Waals surface area (Å²) >= 11 is 1.38. The summed E-state index contributed by atoms with van der Waals surface area (Å²) in [6.45, 7) is 4.33. The number of carbonyl (C=O) groups is 2. The first kappa shape index (κ1) is 21.0. The summed E-state index contributed by atoms with van der Waals surface area (Å²) in [6.07, 6.45) is 1.66. The normalized spacial score (nSPS) is 17.2. The van der Waals surface area contributed by atoms with E-state index >= 15 is 0 Å². The smallest absolute Gasteiger partial charge is 0.282 e. The molecule has 6 rings (SSSR count). The van der Waals surface area contributed by atoms with Crippen molar-refractivity contribution in [1.82, 2.24) is 24.7 Å². The van der Waals surface area contributed by atoms with Crippen LogP contribution in [-0.4, -0.2) is 81.8 Å². The summed E-state index contributed by atoms with van der Waals surface area (Å²) in [6, 6.07) is 15.5. The SMILES string of the molecule is O=C(c1nccs1)N1CCN(C2CN(C(=O)c3cccc4nc(-c5ccccc5)oc34)C2)CC1. The van der Waals surface area contributed by atoms with E-state index in [1.807, 2.05) is 57.6 Å². The molecular weight excluding hydrogens is 450 g/mol. The zero-order chi connectivity index (χ0) is 23.1. The van der Waals surface area contributed by atoms with Crippen molar-refractivity contribution in [2.75, 3.05) is 39.3 Å². The number of fused-ring (bicyclic) bond motifs is 1. The van der Waals surface area contributed by atoms with Gasteiger partial charge in [0.25, 0.3) is 11.8 Å². The summed E-state index contributed by atoms with van der Waals surface area (Å²) in [5.74, 6) is 0.493. The van der Waals surface area contributed by atoms with Crippen LogP contribution >= 0.6 is 11.3 Å². The van der Waals surface area contributed by atoms with Crippen LogP contribution in [0.2, 0.25) is 0 Å². The van der Waals surface area contributed by atoms with Crippen molar-refractivity contribution in [3.05, 3.63) is 70.7 Å². The number of para-hydroxylation sites is 1. The van der Waals surface area contributed by atoms with Gasteiger partial charge in [0, 0.05) is 62.5 Å². The third-order valence-corrected chi connectivity index (χ3v) is 7.31. The Morgan fingerprint density at radius 3 is 2.44 bits per heavy atom. The van der Waals surface area contributed by atoms with Gasteiger partial charge in [-0.2, -0.15) is 0 Å². The second kappa shape index (κ2) is 8.66. The van der Waals surface area contributed by atoms with Crippen molar-refractivity contribution in [3.63, 3.8) is 0 Å². The highest BCUT2D eigenvalue weighted by atomic mass is 32.1. The molecule has 9 heteroatoms. The molecule has 0 N–H and O–H groups in total. The van der Waals surface area contributed by atoms with E-state index in [0.717, 1.165) is 18.7 Å². The van der Waals surface area contributed by atoms with Crippen molar-refractivity contribution < 1.29 is 14.0 Å². The number of nitrogens with zero attached hydrogens (tertiary/aromatic N) is 5. The molecule has 0 radical (unpaired) electrons. The minimum atomic E-state index is -0.0322. The van der Waals surface area contributed by atoms with Crippen molar-refractivity contribution in [2.45, 2.75) is 6.04 Å². The molecule has 2 aliphatic heterocycles. The molecule has 2 fully saturated rings. The van der Waals surface area contributed by atoms with Gasteiger partial charge >= 0.3 is 0 Å². The Hall–Kier alpha value is -3.56. The third kappa shape index (κ3) is 3.76. The van der Waals surface area contributed by atoms with Gasteiger partial charge in [-0.1, -0.05) is 24.3 Å². The fraction of sp³-hybridized carbons (Fsp3) is 0.280. The number of hydrogen-bond acceptors (Lipinski definition) is 7. The molecule has 0 unspecified atom stereocenters. The molecule has 0 bridgehead atoms. The van der Waals surface area contributed by atoms with Crippen molar-refractivity contribution in [1.29, 1.82) is 0 Å².